The fourth-order valence-electron chi connectivity index (χ4n) is 3.11. The van der Waals surface area contributed by atoms with Crippen LogP contribution in [0.4, 0.5) is 5.82 Å². The Morgan fingerprint density at radius 3 is 2.71 bits per heavy atom. The van der Waals surface area contributed by atoms with Crippen molar-refractivity contribution >= 4 is 5.82 Å². The van der Waals surface area contributed by atoms with Gasteiger partial charge in [-0.15, -0.1) is 0 Å². The molecule has 0 aromatic carbocycles. The fourth-order valence-corrected chi connectivity index (χ4v) is 3.11. The molecule has 1 aliphatic rings. The van der Waals surface area contributed by atoms with E-state index in [4.69, 9.17) is 4.74 Å². The number of ether oxygens (including phenoxy) is 1. The van der Waals surface area contributed by atoms with Crippen LogP contribution in [0.15, 0.2) is 0 Å². The molecule has 0 bridgehead atoms. The van der Waals surface area contributed by atoms with Crippen LogP contribution < -0.4 is 10.1 Å². The number of anilines is 1. The molecule has 0 saturated heterocycles. The molecule has 2 rings (SSSR count). The van der Waals surface area contributed by atoms with E-state index in [0.29, 0.717) is 6.10 Å². The van der Waals surface area contributed by atoms with Crippen molar-refractivity contribution in [2.45, 2.75) is 71.8 Å². The summed E-state index contributed by atoms with van der Waals surface area (Å²) in [6, 6.07) is 0. The number of aromatic nitrogens is 2. The van der Waals surface area contributed by atoms with E-state index in [0.717, 1.165) is 54.7 Å². The molecule has 1 aromatic heterocycles. The van der Waals surface area contributed by atoms with Gasteiger partial charge in [-0.3, -0.25) is 0 Å². The lowest BCUT2D eigenvalue weighted by atomic mass is 9.85. The summed E-state index contributed by atoms with van der Waals surface area (Å²) in [5.41, 5.74) is 1.02. The Kier molecular flexibility index (Phi) is 5.83. The predicted molar refractivity (Wildman–Crippen MR) is 87.0 cm³/mol. The maximum atomic E-state index is 6.26. The number of rotatable bonds is 6. The third kappa shape index (κ3) is 4.08. The van der Waals surface area contributed by atoms with Crippen LogP contribution >= 0.6 is 0 Å². The Labute approximate surface area is 128 Å². The monoisotopic (exact) mass is 291 g/mol. The molecule has 2 unspecified atom stereocenters. The van der Waals surface area contributed by atoms with Gasteiger partial charge in [0.25, 0.3) is 0 Å². The molecule has 0 amide bonds. The van der Waals surface area contributed by atoms with Crippen LogP contribution in [0.25, 0.3) is 0 Å². The van der Waals surface area contributed by atoms with Gasteiger partial charge in [-0.05, 0) is 38.5 Å². The van der Waals surface area contributed by atoms with Crippen LogP contribution in [0.3, 0.4) is 0 Å². The highest BCUT2D eigenvalue weighted by atomic mass is 16.5. The van der Waals surface area contributed by atoms with Crippen LogP contribution in [0, 0.1) is 12.8 Å². The van der Waals surface area contributed by atoms with Gasteiger partial charge in [-0.1, -0.05) is 26.7 Å². The first-order valence-electron chi connectivity index (χ1n) is 8.39. The van der Waals surface area contributed by atoms with E-state index in [1.807, 2.05) is 14.0 Å². The average molecular weight is 291 g/mol. The van der Waals surface area contributed by atoms with Crippen LogP contribution in [0.2, 0.25) is 0 Å². The third-order valence-corrected chi connectivity index (χ3v) is 4.45. The summed E-state index contributed by atoms with van der Waals surface area (Å²) in [6.07, 6.45) is 8.45. The van der Waals surface area contributed by atoms with Gasteiger partial charge in [-0.25, -0.2) is 4.98 Å². The number of aryl methyl sites for hydroxylation is 1. The Balaban J connectivity index is 2.15. The van der Waals surface area contributed by atoms with E-state index >= 15 is 0 Å². The highest BCUT2D eigenvalue weighted by Gasteiger charge is 2.23. The summed E-state index contributed by atoms with van der Waals surface area (Å²) >= 11 is 0. The van der Waals surface area contributed by atoms with Gasteiger partial charge in [0.2, 0.25) is 5.88 Å². The minimum Gasteiger partial charge on any atom is -0.474 e. The molecule has 4 heteroatoms. The Morgan fingerprint density at radius 1 is 1.24 bits per heavy atom. The summed E-state index contributed by atoms with van der Waals surface area (Å²) < 4.78 is 6.26. The molecule has 1 aromatic rings. The standard InChI is InChI=1S/C17H29N3O/c1-5-8-15-19-16(18-4)12(3)17(20-15)21-14-10-7-9-13(6-2)11-14/h13-14H,5-11H2,1-4H3,(H,18,19,20). The van der Waals surface area contributed by atoms with Crippen molar-refractivity contribution in [3.8, 4) is 5.88 Å². The summed E-state index contributed by atoms with van der Waals surface area (Å²) in [5, 5.41) is 3.16. The Hall–Kier alpha value is -1.32. The minimum absolute atomic E-state index is 0.316. The SMILES string of the molecule is CCCc1nc(NC)c(C)c(OC2CCCC(CC)C2)n1. The smallest absolute Gasteiger partial charge is 0.222 e. The van der Waals surface area contributed by atoms with Crippen LogP contribution in [-0.4, -0.2) is 23.1 Å². The normalized spacial score (nSPS) is 22.1. The molecule has 118 valence electrons. The Bertz CT molecular complexity index is 462. The molecule has 0 radical (unpaired) electrons. The molecule has 1 aliphatic carbocycles. The number of nitrogens with one attached hydrogen (secondary N) is 1. The van der Waals surface area contributed by atoms with E-state index in [2.05, 4.69) is 29.1 Å². The zero-order valence-corrected chi connectivity index (χ0v) is 13.9. The molecule has 21 heavy (non-hydrogen) atoms. The van der Waals surface area contributed by atoms with Crippen molar-refractivity contribution in [1.29, 1.82) is 0 Å². The van der Waals surface area contributed by atoms with Crippen molar-refractivity contribution in [2.75, 3.05) is 12.4 Å². The van der Waals surface area contributed by atoms with E-state index in [1.165, 1.54) is 19.3 Å². The van der Waals surface area contributed by atoms with Gasteiger partial charge >= 0.3 is 0 Å². The zero-order valence-electron chi connectivity index (χ0n) is 13.9. The lowest BCUT2D eigenvalue weighted by molar-refractivity contribution is 0.116. The molecule has 0 spiro atoms. The van der Waals surface area contributed by atoms with Crippen molar-refractivity contribution in [3.63, 3.8) is 0 Å². The molecular weight excluding hydrogens is 262 g/mol. The molecule has 4 nitrogen and oxygen atoms in total. The predicted octanol–water partition coefficient (Wildman–Crippen LogP) is 4.13. The Morgan fingerprint density at radius 2 is 2.05 bits per heavy atom. The first-order chi connectivity index (χ1) is 10.2. The summed E-state index contributed by atoms with van der Waals surface area (Å²) in [5.74, 6) is 3.36. The maximum absolute atomic E-state index is 6.26. The van der Waals surface area contributed by atoms with Crippen molar-refractivity contribution in [3.05, 3.63) is 11.4 Å². The highest BCUT2D eigenvalue weighted by Crippen LogP contribution is 2.31. The summed E-state index contributed by atoms with van der Waals surface area (Å²) in [6.45, 7) is 6.47. The maximum Gasteiger partial charge on any atom is 0.222 e. The van der Waals surface area contributed by atoms with E-state index in [-0.39, 0.29) is 0 Å². The van der Waals surface area contributed by atoms with Crippen LogP contribution in [0.5, 0.6) is 5.88 Å². The molecule has 1 saturated carbocycles. The number of hydrogen-bond acceptors (Lipinski definition) is 4. The second-order valence-corrected chi connectivity index (χ2v) is 6.10. The topological polar surface area (TPSA) is 47.0 Å². The average Bonchev–Trinajstić information content (AvgIpc) is 2.50. The quantitative estimate of drug-likeness (QED) is 0.856. The second-order valence-electron chi connectivity index (χ2n) is 6.10. The lowest BCUT2D eigenvalue weighted by Crippen LogP contribution is -2.26. The number of hydrogen-bond donors (Lipinski definition) is 1. The van der Waals surface area contributed by atoms with Crippen molar-refractivity contribution in [1.82, 2.24) is 9.97 Å². The van der Waals surface area contributed by atoms with Crippen molar-refractivity contribution < 1.29 is 4.74 Å². The van der Waals surface area contributed by atoms with Crippen molar-refractivity contribution in [2.24, 2.45) is 5.92 Å². The molecule has 1 heterocycles. The van der Waals surface area contributed by atoms with Crippen LogP contribution in [0.1, 0.15) is 63.8 Å². The first kappa shape index (κ1) is 16.1. The van der Waals surface area contributed by atoms with Gasteiger partial charge in [0.1, 0.15) is 17.7 Å². The number of nitrogens with zero attached hydrogens (tertiary/aromatic N) is 2. The molecule has 2 atom stereocenters. The van der Waals surface area contributed by atoms with Gasteiger partial charge in [0.15, 0.2) is 0 Å². The van der Waals surface area contributed by atoms with E-state index < -0.39 is 0 Å². The highest BCUT2D eigenvalue weighted by molar-refractivity contribution is 5.48. The molecule has 1 N–H and O–H groups in total. The van der Waals surface area contributed by atoms with Gasteiger partial charge in [-0.2, -0.15) is 4.98 Å². The molecule has 0 aliphatic heterocycles. The first-order valence-corrected chi connectivity index (χ1v) is 8.39. The van der Waals surface area contributed by atoms with Gasteiger partial charge in [0, 0.05) is 13.5 Å². The molecule has 1 fully saturated rings. The summed E-state index contributed by atoms with van der Waals surface area (Å²) in [7, 11) is 1.91. The van der Waals surface area contributed by atoms with E-state index in [1.54, 1.807) is 0 Å². The second kappa shape index (κ2) is 7.62. The lowest BCUT2D eigenvalue weighted by Gasteiger charge is -2.29. The van der Waals surface area contributed by atoms with Crippen LogP contribution in [-0.2, 0) is 6.42 Å². The summed E-state index contributed by atoms with van der Waals surface area (Å²) in [4.78, 5) is 9.21. The fraction of sp³-hybridized carbons (Fsp3) is 0.765. The largest absolute Gasteiger partial charge is 0.474 e. The van der Waals surface area contributed by atoms with Gasteiger partial charge < -0.3 is 10.1 Å². The van der Waals surface area contributed by atoms with Gasteiger partial charge in [0.05, 0.1) is 5.56 Å². The molecular formula is C17H29N3O. The zero-order chi connectivity index (χ0) is 15.2. The van der Waals surface area contributed by atoms with E-state index in [9.17, 15) is 0 Å². The third-order valence-electron chi connectivity index (χ3n) is 4.45. The minimum atomic E-state index is 0.316.